The van der Waals surface area contributed by atoms with E-state index in [4.69, 9.17) is 21.7 Å². The van der Waals surface area contributed by atoms with E-state index < -0.39 is 0 Å². The van der Waals surface area contributed by atoms with Gasteiger partial charge in [-0.3, -0.25) is 0 Å². The molecule has 0 spiro atoms. The minimum atomic E-state index is -0.167. The molecule has 3 atom stereocenters. The summed E-state index contributed by atoms with van der Waals surface area (Å²) < 4.78 is 11.0. The molecule has 16 heavy (non-hydrogen) atoms. The van der Waals surface area contributed by atoms with E-state index in [0.29, 0.717) is 5.11 Å². The molecular formula is C11H22N2O2S. The summed E-state index contributed by atoms with van der Waals surface area (Å²) in [4.78, 5) is 0. The lowest BCUT2D eigenvalue weighted by Gasteiger charge is -2.33. The molecule has 1 fully saturated rings. The van der Waals surface area contributed by atoms with Gasteiger partial charge in [0.1, 0.15) is 6.23 Å². The number of ether oxygens (including phenoxy) is 2. The van der Waals surface area contributed by atoms with Gasteiger partial charge >= 0.3 is 0 Å². The van der Waals surface area contributed by atoms with E-state index in [9.17, 15) is 0 Å². The highest BCUT2D eigenvalue weighted by molar-refractivity contribution is 7.80. The number of nitrogens with one attached hydrogen (secondary N) is 2. The van der Waals surface area contributed by atoms with Gasteiger partial charge in [0, 0.05) is 13.0 Å². The molecule has 0 unspecified atom stereocenters. The molecule has 0 aliphatic carbocycles. The van der Waals surface area contributed by atoms with Gasteiger partial charge in [0.05, 0.1) is 6.10 Å². The summed E-state index contributed by atoms with van der Waals surface area (Å²) in [6, 6.07) is 0. The van der Waals surface area contributed by atoms with Crippen LogP contribution in [0, 0.1) is 0 Å². The maximum Gasteiger partial charge on any atom is 0.168 e. The molecular weight excluding hydrogens is 224 g/mol. The van der Waals surface area contributed by atoms with Crippen LogP contribution < -0.4 is 10.6 Å². The first-order valence-electron chi connectivity index (χ1n) is 5.97. The van der Waals surface area contributed by atoms with Gasteiger partial charge in [0.15, 0.2) is 11.4 Å². The SMILES string of the molecule is CCCCNC(=S)N[C@@H]1C[C@@H](C)O[C@@H](C)O1. The Hall–Kier alpha value is -0.390. The van der Waals surface area contributed by atoms with E-state index in [1.54, 1.807) is 0 Å². The van der Waals surface area contributed by atoms with Gasteiger partial charge in [-0.25, -0.2) is 0 Å². The standard InChI is InChI=1S/C11H22N2O2S/c1-4-5-6-12-11(16)13-10-7-8(2)14-9(3)15-10/h8-10H,4-7H2,1-3H3,(H2,12,13,16)/t8-,9-,10+/m1/s1. The van der Waals surface area contributed by atoms with Crippen LogP contribution in [0.4, 0.5) is 0 Å². The highest BCUT2D eigenvalue weighted by Crippen LogP contribution is 2.15. The molecule has 2 N–H and O–H groups in total. The molecule has 94 valence electrons. The van der Waals surface area contributed by atoms with Crippen molar-refractivity contribution in [1.29, 1.82) is 0 Å². The van der Waals surface area contributed by atoms with E-state index in [2.05, 4.69) is 17.6 Å². The van der Waals surface area contributed by atoms with Crippen molar-refractivity contribution >= 4 is 17.3 Å². The predicted octanol–water partition coefficient (Wildman–Crippen LogP) is 1.75. The van der Waals surface area contributed by atoms with Crippen molar-refractivity contribution in [3.8, 4) is 0 Å². The Labute approximate surface area is 103 Å². The van der Waals surface area contributed by atoms with E-state index >= 15 is 0 Å². The maximum atomic E-state index is 5.57. The third-order valence-electron chi connectivity index (χ3n) is 2.43. The molecule has 0 aromatic heterocycles. The molecule has 1 heterocycles. The van der Waals surface area contributed by atoms with Crippen molar-refractivity contribution in [2.75, 3.05) is 6.54 Å². The predicted molar refractivity (Wildman–Crippen MR) is 68.1 cm³/mol. The van der Waals surface area contributed by atoms with Crippen molar-refractivity contribution in [3.63, 3.8) is 0 Å². The zero-order valence-corrected chi connectivity index (χ0v) is 11.1. The minimum Gasteiger partial charge on any atom is -0.363 e. The topological polar surface area (TPSA) is 42.5 Å². The van der Waals surface area contributed by atoms with Gasteiger partial charge in [-0.2, -0.15) is 0 Å². The number of hydrogen-bond acceptors (Lipinski definition) is 3. The maximum absolute atomic E-state index is 5.57. The molecule has 0 saturated carbocycles. The molecule has 0 radical (unpaired) electrons. The lowest BCUT2D eigenvalue weighted by molar-refractivity contribution is -0.232. The molecule has 4 nitrogen and oxygen atoms in total. The molecule has 0 aromatic carbocycles. The Kier molecular flexibility index (Phi) is 6.01. The van der Waals surface area contributed by atoms with E-state index in [1.165, 1.54) is 0 Å². The Balaban J connectivity index is 2.22. The van der Waals surface area contributed by atoms with Gasteiger partial charge in [-0.05, 0) is 32.5 Å². The summed E-state index contributed by atoms with van der Waals surface area (Å²) in [5, 5.41) is 6.98. The van der Waals surface area contributed by atoms with E-state index in [-0.39, 0.29) is 18.6 Å². The first-order valence-corrected chi connectivity index (χ1v) is 6.38. The fraction of sp³-hybridized carbons (Fsp3) is 0.909. The minimum absolute atomic E-state index is 0.0413. The number of thiocarbonyl (C=S) groups is 1. The molecule has 0 bridgehead atoms. The molecule has 1 aliphatic heterocycles. The van der Waals surface area contributed by atoms with Crippen LogP contribution in [0.3, 0.4) is 0 Å². The fourth-order valence-electron chi connectivity index (χ4n) is 1.67. The average Bonchev–Trinajstić information content (AvgIpc) is 2.16. The summed E-state index contributed by atoms with van der Waals surface area (Å²) in [6.45, 7) is 7.01. The van der Waals surface area contributed by atoms with E-state index in [0.717, 1.165) is 25.8 Å². The third-order valence-corrected chi connectivity index (χ3v) is 2.70. The van der Waals surface area contributed by atoms with Crippen molar-refractivity contribution < 1.29 is 9.47 Å². The van der Waals surface area contributed by atoms with Crippen molar-refractivity contribution in [1.82, 2.24) is 10.6 Å². The van der Waals surface area contributed by atoms with Gasteiger partial charge in [-0.1, -0.05) is 13.3 Å². The van der Waals surface area contributed by atoms with Crippen LogP contribution in [-0.2, 0) is 9.47 Å². The second kappa shape index (κ2) is 7.04. The van der Waals surface area contributed by atoms with Crippen LogP contribution in [0.1, 0.15) is 40.0 Å². The second-order valence-electron chi connectivity index (χ2n) is 4.13. The summed E-state index contributed by atoms with van der Waals surface area (Å²) in [6.07, 6.45) is 3.11. The lowest BCUT2D eigenvalue weighted by Crippen LogP contribution is -2.49. The largest absolute Gasteiger partial charge is 0.363 e. The first kappa shape index (κ1) is 13.7. The summed E-state index contributed by atoms with van der Waals surface area (Å²) in [5.41, 5.74) is 0. The Morgan fingerprint density at radius 1 is 1.38 bits per heavy atom. The highest BCUT2D eigenvalue weighted by atomic mass is 32.1. The van der Waals surface area contributed by atoms with Crippen molar-refractivity contribution in [2.24, 2.45) is 0 Å². The lowest BCUT2D eigenvalue weighted by atomic mass is 10.2. The van der Waals surface area contributed by atoms with Crippen molar-refractivity contribution in [2.45, 2.75) is 58.7 Å². The number of rotatable bonds is 4. The molecule has 1 aliphatic rings. The first-order chi connectivity index (χ1) is 7.61. The third kappa shape index (κ3) is 5.09. The molecule has 1 rings (SSSR count). The van der Waals surface area contributed by atoms with Crippen LogP contribution in [0.5, 0.6) is 0 Å². The Bertz CT molecular complexity index is 216. The number of unbranched alkanes of at least 4 members (excludes halogenated alkanes) is 1. The average molecular weight is 246 g/mol. The van der Waals surface area contributed by atoms with E-state index in [1.807, 2.05) is 13.8 Å². The monoisotopic (exact) mass is 246 g/mol. The zero-order chi connectivity index (χ0) is 12.0. The van der Waals surface area contributed by atoms with Crippen LogP contribution in [0.15, 0.2) is 0 Å². The van der Waals surface area contributed by atoms with Crippen LogP contribution in [0.25, 0.3) is 0 Å². The van der Waals surface area contributed by atoms with Crippen molar-refractivity contribution in [3.05, 3.63) is 0 Å². The molecule has 0 aromatic rings. The summed E-state index contributed by atoms with van der Waals surface area (Å²) in [7, 11) is 0. The summed E-state index contributed by atoms with van der Waals surface area (Å²) >= 11 is 5.18. The van der Waals surface area contributed by atoms with Crippen LogP contribution >= 0.6 is 12.2 Å². The molecule has 0 amide bonds. The van der Waals surface area contributed by atoms with Gasteiger partial charge in [0.25, 0.3) is 0 Å². The van der Waals surface area contributed by atoms with Crippen LogP contribution in [-0.4, -0.2) is 30.3 Å². The molecule has 5 heteroatoms. The van der Waals surface area contributed by atoms with Crippen LogP contribution in [0.2, 0.25) is 0 Å². The fourth-order valence-corrected chi connectivity index (χ4v) is 1.91. The van der Waals surface area contributed by atoms with Gasteiger partial charge in [-0.15, -0.1) is 0 Å². The van der Waals surface area contributed by atoms with Gasteiger partial charge < -0.3 is 20.1 Å². The smallest absolute Gasteiger partial charge is 0.168 e. The second-order valence-corrected chi connectivity index (χ2v) is 4.54. The van der Waals surface area contributed by atoms with Gasteiger partial charge in [0.2, 0.25) is 0 Å². The Morgan fingerprint density at radius 2 is 2.12 bits per heavy atom. The highest BCUT2D eigenvalue weighted by Gasteiger charge is 2.24. The summed E-state index contributed by atoms with van der Waals surface area (Å²) in [5.74, 6) is 0. The quantitative estimate of drug-likeness (QED) is 0.584. The normalized spacial score (nSPS) is 29.8. The number of hydrogen-bond donors (Lipinski definition) is 2. The molecule has 1 saturated heterocycles. The zero-order valence-electron chi connectivity index (χ0n) is 10.3. The Morgan fingerprint density at radius 3 is 2.75 bits per heavy atom.